The Morgan fingerprint density at radius 2 is 1.88 bits per heavy atom. The number of nitrogens with zero attached hydrogens (tertiary/aromatic N) is 2. The SMILES string of the molecule is CNC(C)CC(C)N(C)CC1CCN(C)CC1. The van der Waals surface area contributed by atoms with E-state index in [2.05, 4.69) is 43.1 Å². The molecule has 0 aliphatic carbocycles. The normalized spacial score (nSPS) is 22.9. The second kappa shape index (κ2) is 7.34. The highest BCUT2D eigenvalue weighted by molar-refractivity contribution is 4.76. The molecule has 1 saturated heterocycles. The van der Waals surface area contributed by atoms with Crippen molar-refractivity contribution in [1.82, 2.24) is 15.1 Å². The van der Waals surface area contributed by atoms with Crippen LogP contribution in [0.15, 0.2) is 0 Å². The summed E-state index contributed by atoms with van der Waals surface area (Å²) in [6.07, 6.45) is 3.98. The Hall–Kier alpha value is -0.120. The van der Waals surface area contributed by atoms with E-state index in [0.29, 0.717) is 12.1 Å². The molecule has 0 bridgehead atoms. The van der Waals surface area contributed by atoms with Crippen molar-refractivity contribution in [2.75, 3.05) is 40.8 Å². The smallest absolute Gasteiger partial charge is 0.00786 e. The molecule has 0 aromatic carbocycles. The molecule has 17 heavy (non-hydrogen) atoms. The fraction of sp³-hybridized carbons (Fsp3) is 1.00. The van der Waals surface area contributed by atoms with Crippen LogP contribution in [0.25, 0.3) is 0 Å². The van der Waals surface area contributed by atoms with Crippen molar-refractivity contribution in [2.24, 2.45) is 5.92 Å². The molecule has 2 atom stereocenters. The van der Waals surface area contributed by atoms with Crippen LogP contribution >= 0.6 is 0 Å². The van der Waals surface area contributed by atoms with E-state index in [1.165, 1.54) is 38.9 Å². The molecular weight excluding hydrogens is 210 g/mol. The van der Waals surface area contributed by atoms with Crippen LogP contribution in [0.2, 0.25) is 0 Å². The Morgan fingerprint density at radius 1 is 1.29 bits per heavy atom. The molecule has 0 amide bonds. The molecule has 1 aliphatic heterocycles. The van der Waals surface area contributed by atoms with Crippen molar-refractivity contribution in [3.63, 3.8) is 0 Å². The molecule has 0 aromatic rings. The number of hydrogen-bond donors (Lipinski definition) is 1. The maximum atomic E-state index is 3.33. The van der Waals surface area contributed by atoms with E-state index in [0.717, 1.165) is 5.92 Å². The molecule has 0 radical (unpaired) electrons. The first-order valence-corrected chi connectivity index (χ1v) is 7.09. The molecule has 1 rings (SSSR count). The van der Waals surface area contributed by atoms with Gasteiger partial charge in [0.1, 0.15) is 0 Å². The zero-order valence-electron chi connectivity index (χ0n) is 12.4. The third-order valence-corrected chi connectivity index (χ3v) is 4.32. The van der Waals surface area contributed by atoms with Crippen LogP contribution in [0.4, 0.5) is 0 Å². The van der Waals surface area contributed by atoms with E-state index >= 15 is 0 Å². The molecule has 3 nitrogen and oxygen atoms in total. The summed E-state index contributed by atoms with van der Waals surface area (Å²) in [5.74, 6) is 0.906. The number of hydrogen-bond acceptors (Lipinski definition) is 3. The minimum atomic E-state index is 0.616. The average molecular weight is 241 g/mol. The Kier molecular flexibility index (Phi) is 6.45. The number of likely N-dealkylation sites (tertiary alicyclic amines) is 1. The predicted octanol–water partition coefficient (Wildman–Crippen LogP) is 1.65. The van der Waals surface area contributed by atoms with Crippen molar-refractivity contribution in [3.05, 3.63) is 0 Å². The summed E-state index contributed by atoms with van der Waals surface area (Å²) < 4.78 is 0. The van der Waals surface area contributed by atoms with Crippen molar-refractivity contribution in [2.45, 2.75) is 45.2 Å². The summed E-state index contributed by atoms with van der Waals surface area (Å²) in [7, 11) is 6.57. The van der Waals surface area contributed by atoms with Gasteiger partial charge in [0, 0.05) is 18.6 Å². The van der Waals surface area contributed by atoms with Crippen LogP contribution in [0.5, 0.6) is 0 Å². The van der Waals surface area contributed by atoms with E-state index in [9.17, 15) is 0 Å². The summed E-state index contributed by atoms with van der Waals surface area (Å²) in [6.45, 7) is 8.44. The molecule has 1 aliphatic rings. The van der Waals surface area contributed by atoms with Crippen LogP contribution in [0.1, 0.15) is 33.1 Å². The second-order valence-corrected chi connectivity index (χ2v) is 5.96. The van der Waals surface area contributed by atoms with Crippen molar-refractivity contribution < 1.29 is 0 Å². The lowest BCUT2D eigenvalue weighted by Gasteiger charge is -2.34. The highest BCUT2D eigenvalue weighted by Crippen LogP contribution is 2.18. The van der Waals surface area contributed by atoms with Gasteiger partial charge in [-0.3, -0.25) is 0 Å². The van der Waals surface area contributed by atoms with Gasteiger partial charge < -0.3 is 15.1 Å². The Balaban J connectivity index is 2.25. The monoisotopic (exact) mass is 241 g/mol. The molecular formula is C14H31N3. The number of piperidine rings is 1. The zero-order chi connectivity index (χ0) is 12.8. The Labute approximate surface area is 108 Å². The van der Waals surface area contributed by atoms with Crippen molar-refractivity contribution >= 4 is 0 Å². The third kappa shape index (κ3) is 5.36. The molecule has 0 saturated carbocycles. The first-order valence-electron chi connectivity index (χ1n) is 7.09. The molecule has 1 N–H and O–H groups in total. The van der Waals surface area contributed by atoms with Gasteiger partial charge >= 0.3 is 0 Å². The van der Waals surface area contributed by atoms with Gasteiger partial charge in [-0.15, -0.1) is 0 Å². The van der Waals surface area contributed by atoms with Gasteiger partial charge in [-0.2, -0.15) is 0 Å². The van der Waals surface area contributed by atoms with Gasteiger partial charge in [0.2, 0.25) is 0 Å². The van der Waals surface area contributed by atoms with E-state index in [-0.39, 0.29) is 0 Å². The lowest BCUT2D eigenvalue weighted by Crippen LogP contribution is -2.40. The predicted molar refractivity (Wildman–Crippen MR) is 75.5 cm³/mol. The minimum absolute atomic E-state index is 0.616. The standard InChI is InChI=1S/C14H31N3/c1-12(15-3)10-13(2)17(5)11-14-6-8-16(4)9-7-14/h12-15H,6-11H2,1-5H3. The van der Waals surface area contributed by atoms with Crippen LogP contribution < -0.4 is 5.32 Å². The van der Waals surface area contributed by atoms with Crippen LogP contribution in [0, 0.1) is 5.92 Å². The van der Waals surface area contributed by atoms with Crippen LogP contribution in [0.3, 0.4) is 0 Å². The molecule has 2 unspecified atom stereocenters. The van der Waals surface area contributed by atoms with E-state index in [1.54, 1.807) is 0 Å². The molecule has 1 heterocycles. The summed E-state index contributed by atoms with van der Waals surface area (Å²) in [5, 5.41) is 3.33. The fourth-order valence-corrected chi connectivity index (χ4v) is 2.64. The molecule has 1 fully saturated rings. The summed E-state index contributed by atoms with van der Waals surface area (Å²) >= 11 is 0. The number of nitrogens with one attached hydrogen (secondary N) is 1. The first-order chi connectivity index (χ1) is 8.02. The number of rotatable bonds is 6. The minimum Gasteiger partial charge on any atom is -0.317 e. The summed E-state index contributed by atoms with van der Waals surface area (Å²) in [4.78, 5) is 4.99. The Morgan fingerprint density at radius 3 is 2.41 bits per heavy atom. The molecule has 0 aromatic heterocycles. The fourth-order valence-electron chi connectivity index (χ4n) is 2.64. The lowest BCUT2D eigenvalue weighted by atomic mass is 9.96. The maximum absolute atomic E-state index is 3.33. The molecule has 102 valence electrons. The van der Waals surface area contributed by atoms with Crippen molar-refractivity contribution in [3.8, 4) is 0 Å². The highest BCUT2D eigenvalue weighted by atomic mass is 15.1. The third-order valence-electron chi connectivity index (χ3n) is 4.32. The topological polar surface area (TPSA) is 18.5 Å². The van der Waals surface area contributed by atoms with Crippen molar-refractivity contribution in [1.29, 1.82) is 0 Å². The highest BCUT2D eigenvalue weighted by Gasteiger charge is 2.20. The van der Waals surface area contributed by atoms with E-state index < -0.39 is 0 Å². The van der Waals surface area contributed by atoms with Gasteiger partial charge in [0.05, 0.1) is 0 Å². The Bertz CT molecular complexity index is 200. The van der Waals surface area contributed by atoms with E-state index in [4.69, 9.17) is 0 Å². The zero-order valence-corrected chi connectivity index (χ0v) is 12.4. The van der Waals surface area contributed by atoms with Gasteiger partial charge in [-0.05, 0) is 73.3 Å². The quantitative estimate of drug-likeness (QED) is 0.763. The maximum Gasteiger partial charge on any atom is 0.00786 e. The summed E-state index contributed by atoms with van der Waals surface area (Å²) in [6, 6.07) is 1.29. The molecule has 3 heteroatoms. The average Bonchev–Trinajstić information content (AvgIpc) is 2.31. The van der Waals surface area contributed by atoms with Crippen LogP contribution in [-0.4, -0.2) is 62.7 Å². The molecule has 0 spiro atoms. The van der Waals surface area contributed by atoms with Crippen LogP contribution in [-0.2, 0) is 0 Å². The van der Waals surface area contributed by atoms with Gasteiger partial charge in [-0.1, -0.05) is 0 Å². The second-order valence-electron chi connectivity index (χ2n) is 5.96. The van der Waals surface area contributed by atoms with Gasteiger partial charge in [0.25, 0.3) is 0 Å². The lowest BCUT2D eigenvalue weighted by molar-refractivity contribution is 0.147. The van der Waals surface area contributed by atoms with E-state index in [1.807, 2.05) is 7.05 Å². The largest absolute Gasteiger partial charge is 0.317 e. The van der Waals surface area contributed by atoms with Gasteiger partial charge in [0.15, 0.2) is 0 Å². The van der Waals surface area contributed by atoms with Gasteiger partial charge in [-0.25, -0.2) is 0 Å². The summed E-state index contributed by atoms with van der Waals surface area (Å²) in [5.41, 5.74) is 0. The first kappa shape index (κ1) is 14.9.